The van der Waals surface area contributed by atoms with Gasteiger partial charge in [0.25, 0.3) is 0 Å². The van der Waals surface area contributed by atoms with Gasteiger partial charge in [-0.15, -0.1) is 0 Å². The molecule has 0 saturated carbocycles. The summed E-state index contributed by atoms with van der Waals surface area (Å²) < 4.78 is 51.0. The first-order valence-electron chi connectivity index (χ1n) is 9.64. The molecule has 1 saturated heterocycles. The summed E-state index contributed by atoms with van der Waals surface area (Å²) in [7, 11) is -2.17. The van der Waals surface area contributed by atoms with Gasteiger partial charge in [-0.25, -0.2) is 27.6 Å². The molecule has 13 heteroatoms. The predicted molar refractivity (Wildman–Crippen MR) is 120 cm³/mol. The highest BCUT2D eigenvalue weighted by molar-refractivity contribution is 9.10. The molecular weight excluding hydrogens is 531 g/mol. The third-order valence-corrected chi connectivity index (χ3v) is 7.39. The van der Waals surface area contributed by atoms with E-state index in [2.05, 4.69) is 25.9 Å². The van der Waals surface area contributed by atoms with Crippen LogP contribution in [-0.4, -0.2) is 73.5 Å². The third kappa shape index (κ3) is 3.86. The summed E-state index contributed by atoms with van der Waals surface area (Å²) in [6.07, 6.45) is -0.110. The summed E-state index contributed by atoms with van der Waals surface area (Å²) in [5.41, 5.74) is -0.895. The van der Waals surface area contributed by atoms with Crippen molar-refractivity contribution >= 4 is 60.2 Å². The van der Waals surface area contributed by atoms with Crippen LogP contribution in [-0.2, 0) is 14.6 Å². The van der Waals surface area contributed by atoms with Gasteiger partial charge in [-0.05, 0) is 36.7 Å². The van der Waals surface area contributed by atoms with Crippen molar-refractivity contribution in [1.82, 2.24) is 14.9 Å². The normalized spacial score (nSPS) is 20.8. The van der Waals surface area contributed by atoms with E-state index >= 15 is 4.39 Å². The van der Waals surface area contributed by atoms with Crippen molar-refractivity contribution < 1.29 is 27.1 Å². The van der Waals surface area contributed by atoms with E-state index < -0.39 is 44.7 Å². The van der Waals surface area contributed by atoms with Crippen LogP contribution in [0.15, 0.2) is 9.63 Å². The number of amides is 1. The van der Waals surface area contributed by atoms with Crippen molar-refractivity contribution in [2.24, 2.45) is 0 Å². The Bertz CT molecular complexity index is 1250. The van der Waals surface area contributed by atoms with Crippen LogP contribution < -0.4 is 9.64 Å². The number of ether oxygens (including phenoxy) is 2. The van der Waals surface area contributed by atoms with Crippen molar-refractivity contribution in [3.63, 3.8) is 0 Å². The van der Waals surface area contributed by atoms with Crippen molar-refractivity contribution in [3.8, 4) is 5.75 Å². The molecule has 0 bridgehead atoms. The van der Waals surface area contributed by atoms with Gasteiger partial charge in [-0.3, -0.25) is 0 Å². The second-order valence-electron chi connectivity index (χ2n) is 8.82. The Balaban J connectivity index is 1.87. The molecule has 3 heterocycles. The lowest BCUT2D eigenvalue weighted by molar-refractivity contribution is 0.0275. The van der Waals surface area contributed by atoms with Crippen molar-refractivity contribution in [2.45, 2.75) is 43.7 Å². The number of likely N-dealkylation sites (tertiary alicyclic amines) is 1. The summed E-state index contributed by atoms with van der Waals surface area (Å²) in [6, 6.07) is -0.418. The van der Waals surface area contributed by atoms with Gasteiger partial charge in [0.2, 0.25) is 15.0 Å². The first kappa shape index (κ1) is 23.2. The molecule has 2 aromatic rings. The van der Waals surface area contributed by atoms with Gasteiger partial charge in [-0.1, -0.05) is 11.6 Å². The average Bonchev–Trinajstić information content (AvgIpc) is 3.05. The zero-order chi connectivity index (χ0) is 23.7. The fourth-order valence-corrected chi connectivity index (χ4v) is 4.87. The number of halogens is 3. The van der Waals surface area contributed by atoms with Crippen molar-refractivity contribution in [1.29, 1.82) is 0 Å². The van der Waals surface area contributed by atoms with Crippen LogP contribution in [0.5, 0.6) is 5.75 Å². The number of sulfone groups is 1. The Morgan fingerprint density at radius 3 is 2.56 bits per heavy atom. The average molecular weight is 552 g/mol. The molecule has 2 aliphatic heterocycles. The summed E-state index contributed by atoms with van der Waals surface area (Å²) in [5.74, 6) is -0.547. The number of rotatable bonds is 1. The van der Waals surface area contributed by atoms with Gasteiger partial charge in [0.15, 0.2) is 11.6 Å². The summed E-state index contributed by atoms with van der Waals surface area (Å²) in [5, 5.41) is -0.382. The zero-order valence-corrected chi connectivity index (χ0v) is 21.1. The summed E-state index contributed by atoms with van der Waals surface area (Å²) in [4.78, 5) is 24.0. The first-order chi connectivity index (χ1) is 14.7. The van der Waals surface area contributed by atoms with Gasteiger partial charge >= 0.3 is 6.09 Å². The molecule has 1 fully saturated rings. The van der Waals surface area contributed by atoms with E-state index in [0.29, 0.717) is 0 Å². The smallest absolute Gasteiger partial charge is 0.410 e. The van der Waals surface area contributed by atoms with Crippen LogP contribution in [0.25, 0.3) is 10.9 Å². The van der Waals surface area contributed by atoms with E-state index in [4.69, 9.17) is 21.1 Å². The number of anilines is 1. The lowest BCUT2D eigenvalue weighted by atomic mass is 10.2. The van der Waals surface area contributed by atoms with Crippen LogP contribution in [0.3, 0.4) is 0 Å². The van der Waals surface area contributed by atoms with E-state index in [1.165, 1.54) is 4.90 Å². The first-order valence-corrected chi connectivity index (χ1v) is 12.7. The van der Waals surface area contributed by atoms with Gasteiger partial charge in [-0.2, -0.15) is 0 Å². The molecule has 2 aliphatic rings. The molecule has 0 radical (unpaired) electrons. The number of carbonyl (C=O) groups excluding carboxylic acids is 1. The Morgan fingerprint density at radius 1 is 1.31 bits per heavy atom. The number of aromatic nitrogens is 2. The van der Waals surface area contributed by atoms with E-state index in [-0.39, 0.29) is 45.1 Å². The van der Waals surface area contributed by atoms with E-state index in [0.717, 1.165) is 6.26 Å². The molecule has 1 amide bonds. The molecule has 0 spiro atoms. The maximum absolute atomic E-state index is 15.1. The number of hydrogen-bond donors (Lipinski definition) is 0. The van der Waals surface area contributed by atoms with E-state index in [9.17, 15) is 13.2 Å². The maximum atomic E-state index is 15.1. The fraction of sp³-hybridized carbons (Fsp3) is 0.526. The largest absolute Gasteiger partial charge is 0.484 e. The van der Waals surface area contributed by atoms with Crippen LogP contribution in [0, 0.1) is 5.82 Å². The molecule has 1 aromatic heterocycles. The Kier molecular flexibility index (Phi) is 5.49. The number of hydrogen-bond acceptors (Lipinski definition) is 8. The summed E-state index contributed by atoms with van der Waals surface area (Å²) in [6.45, 7) is 5.73. The minimum atomic E-state index is -3.85. The van der Waals surface area contributed by atoms with Crippen LogP contribution in [0.2, 0.25) is 5.02 Å². The monoisotopic (exact) mass is 550 g/mol. The third-order valence-electron chi connectivity index (χ3n) is 5.21. The standard InChI is InChI=1S/C19H21BrClFN4O5S/c1-19(2,3)31-18(27)26-6-8-9(7-26)30-15-10-14(13(22)11(20)12(15)21)23-17(32(5,28)29)24-16(10)25(8)4/h8-9H,6-7H2,1-5H3. The second-order valence-corrected chi connectivity index (χ2v) is 11.9. The van der Waals surface area contributed by atoms with Crippen LogP contribution in [0.4, 0.5) is 15.0 Å². The SMILES string of the molecule is CN1c2nc(S(C)(=O)=O)nc3c(F)c(Br)c(Cl)c(c23)OC2CN(C(=O)OC(C)(C)C)CC21. The number of likely N-dealkylation sites (N-methyl/N-ethyl adjacent to an activating group) is 1. The van der Waals surface area contributed by atoms with E-state index in [1.807, 2.05) is 0 Å². The second kappa shape index (κ2) is 7.56. The maximum Gasteiger partial charge on any atom is 0.410 e. The molecule has 32 heavy (non-hydrogen) atoms. The summed E-state index contributed by atoms with van der Waals surface area (Å²) >= 11 is 9.50. The molecule has 0 aliphatic carbocycles. The number of benzene rings is 1. The molecular formula is C19H21BrClFN4O5S. The minimum absolute atomic E-state index is 0.0308. The zero-order valence-electron chi connectivity index (χ0n) is 17.9. The quantitative estimate of drug-likeness (QED) is 0.393. The number of carbonyl (C=O) groups is 1. The Labute approximate surface area is 197 Å². The molecule has 4 rings (SSSR count). The predicted octanol–water partition coefficient (Wildman–Crippen LogP) is 3.40. The van der Waals surface area contributed by atoms with Gasteiger partial charge in [0, 0.05) is 19.8 Å². The lowest BCUT2D eigenvalue weighted by Crippen LogP contribution is -2.43. The topological polar surface area (TPSA) is 102 Å². The molecule has 2 atom stereocenters. The Hall–Kier alpha value is -1.92. The van der Waals surface area contributed by atoms with Gasteiger partial charge in [0.1, 0.15) is 28.1 Å². The molecule has 174 valence electrons. The highest BCUT2D eigenvalue weighted by Crippen LogP contribution is 2.47. The highest BCUT2D eigenvalue weighted by atomic mass is 79.9. The molecule has 2 unspecified atom stereocenters. The Morgan fingerprint density at radius 2 is 1.97 bits per heavy atom. The fourth-order valence-electron chi connectivity index (χ4n) is 3.77. The minimum Gasteiger partial charge on any atom is -0.484 e. The number of nitrogens with zero attached hydrogens (tertiary/aromatic N) is 4. The molecule has 1 aromatic carbocycles. The van der Waals surface area contributed by atoms with Crippen molar-refractivity contribution in [3.05, 3.63) is 15.3 Å². The highest BCUT2D eigenvalue weighted by Gasteiger charge is 2.45. The van der Waals surface area contributed by atoms with Crippen molar-refractivity contribution in [2.75, 3.05) is 31.3 Å². The van der Waals surface area contributed by atoms with Crippen LogP contribution >= 0.6 is 27.5 Å². The van der Waals surface area contributed by atoms with Crippen LogP contribution in [0.1, 0.15) is 20.8 Å². The van der Waals surface area contributed by atoms with E-state index in [1.54, 1.807) is 32.7 Å². The molecule has 0 N–H and O–H groups in total. The number of fused-ring (bicyclic) bond motifs is 1. The lowest BCUT2D eigenvalue weighted by Gasteiger charge is -2.27. The van der Waals surface area contributed by atoms with Gasteiger partial charge in [0.05, 0.1) is 22.4 Å². The van der Waals surface area contributed by atoms with Gasteiger partial charge < -0.3 is 19.3 Å². The molecule has 9 nitrogen and oxygen atoms in total.